The molecule has 2 atom stereocenters. The molecule has 7 nitrogen and oxygen atoms in total. The standard InChI is InChI=1S/C32H42N4O3S/c1-31(2)24-32(13-20-38-31,30(37)27-10-4-5-14-34-27)36-18-16-35(17-19-36)23-25-8-6-9-26(22-25)39-28(12-15-33-3)29-11-7-21-40-29/h4-11,14,21-22,28,33H,12-13,15-20,23-24H2,1-3H3/t28-,32-/m0/s1. The second kappa shape index (κ2) is 12.9. The summed E-state index contributed by atoms with van der Waals surface area (Å²) in [6, 6.07) is 18.4. The number of hydrogen-bond donors (Lipinski definition) is 1. The minimum absolute atomic E-state index is 0.0443. The summed E-state index contributed by atoms with van der Waals surface area (Å²) in [5.74, 6) is 1.04. The van der Waals surface area contributed by atoms with Crippen LogP contribution in [0.1, 0.15) is 60.1 Å². The first-order valence-electron chi connectivity index (χ1n) is 14.4. The van der Waals surface area contributed by atoms with Gasteiger partial charge in [-0.3, -0.25) is 19.6 Å². The molecule has 1 N–H and O–H groups in total. The van der Waals surface area contributed by atoms with Crippen molar-refractivity contribution in [1.29, 1.82) is 0 Å². The average Bonchev–Trinajstić information content (AvgIpc) is 3.50. The van der Waals surface area contributed by atoms with Crippen LogP contribution in [-0.4, -0.2) is 78.1 Å². The Labute approximate surface area is 242 Å². The summed E-state index contributed by atoms with van der Waals surface area (Å²) < 4.78 is 12.5. The van der Waals surface area contributed by atoms with Crippen LogP contribution in [0.5, 0.6) is 5.75 Å². The van der Waals surface area contributed by atoms with Crippen LogP contribution in [0.4, 0.5) is 0 Å². The van der Waals surface area contributed by atoms with Crippen molar-refractivity contribution in [1.82, 2.24) is 20.1 Å². The summed E-state index contributed by atoms with van der Waals surface area (Å²) >= 11 is 1.74. The zero-order valence-electron chi connectivity index (χ0n) is 24.0. The lowest BCUT2D eigenvalue weighted by atomic mass is 9.75. The lowest BCUT2D eigenvalue weighted by Crippen LogP contribution is -2.65. The molecule has 0 radical (unpaired) electrons. The van der Waals surface area contributed by atoms with Gasteiger partial charge in [-0.15, -0.1) is 11.3 Å². The van der Waals surface area contributed by atoms with Crippen molar-refractivity contribution in [3.05, 3.63) is 82.3 Å². The fourth-order valence-electron chi connectivity index (χ4n) is 6.17. The first kappa shape index (κ1) is 28.9. The van der Waals surface area contributed by atoms with Crippen LogP contribution >= 0.6 is 11.3 Å². The highest BCUT2D eigenvalue weighted by Gasteiger charge is 2.51. The summed E-state index contributed by atoms with van der Waals surface area (Å²) in [6.07, 6.45) is 4.05. The maximum Gasteiger partial charge on any atom is 0.201 e. The molecular formula is C32H42N4O3S. The normalized spacial score (nSPS) is 22.6. The molecule has 1 aromatic carbocycles. The van der Waals surface area contributed by atoms with E-state index in [9.17, 15) is 4.79 Å². The Bertz CT molecular complexity index is 1230. The summed E-state index contributed by atoms with van der Waals surface area (Å²) in [6.45, 7) is 10.0. The third-order valence-electron chi connectivity index (χ3n) is 8.12. The van der Waals surface area contributed by atoms with E-state index in [1.165, 1.54) is 10.4 Å². The third kappa shape index (κ3) is 6.81. The number of pyridine rings is 1. The van der Waals surface area contributed by atoms with E-state index in [-0.39, 0.29) is 17.5 Å². The maximum atomic E-state index is 14.0. The average molecular weight is 563 g/mol. The van der Waals surface area contributed by atoms with Crippen molar-refractivity contribution in [3.63, 3.8) is 0 Å². The third-order valence-corrected chi connectivity index (χ3v) is 9.09. The number of Topliss-reactive ketones (excluding diaryl/α,β-unsaturated/α-hetero) is 1. The van der Waals surface area contributed by atoms with E-state index in [0.717, 1.165) is 51.4 Å². The van der Waals surface area contributed by atoms with Gasteiger partial charge in [-0.2, -0.15) is 0 Å². The molecule has 0 spiro atoms. The second-order valence-corrected chi connectivity index (χ2v) is 12.5. The van der Waals surface area contributed by atoms with Gasteiger partial charge in [0.05, 0.1) is 11.1 Å². The fraction of sp³-hybridized carbons (Fsp3) is 0.500. The first-order chi connectivity index (χ1) is 19.4. The van der Waals surface area contributed by atoms with Crippen LogP contribution in [-0.2, 0) is 11.3 Å². The number of carbonyl (C=O) groups is 1. The van der Waals surface area contributed by atoms with E-state index in [4.69, 9.17) is 9.47 Å². The van der Waals surface area contributed by atoms with E-state index in [2.05, 4.69) is 75.7 Å². The van der Waals surface area contributed by atoms with Crippen LogP contribution in [0.2, 0.25) is 0 Å². The molecule has 8 heteroatoms. The number of nitrogens with zero attached hydrogens (tertiary/aromatic N) is 3. The van der Waals surface area contributed by atoms with Gasteiger partial charge >= 0.3 is 0 Å². The largest absolute Gasteiger partial charge is 0.485 e. The zero-order valence-corrected chi connectivity index (χ0v) is 24.8. The molecule has 2 aromatic heterocycles. The van der Waals surface area contributed by atoms with E-state index in [0.29, 0.717) is 25.1 Å². The molecular weight excluding hydrogens is 520 g/mol. The summed E-state index contributed by atoms with van der Waals surface area (Å²) in [5, 5.41) is 5.35. The number of aromatic nitrogens is 1. The van der Waals surface area contributed by atoms with Gasteiger partial charge in [-0.25, -0.2) is 0 Å². The van der Waals surface area contributed by atoms with Crippen LogP contribution in [0.15, 0.2) is 66.2 Å². The number of hydrogen-bond acceptors (Lipinski definition) is 8. The van der Waals surface area contributed by atoms with Gasteiger partial charge in [-0.05, 0) is 75.1 Å². The minimum Gasteiger partial charge on any atom is -0.485 e. The predicted octanol–water partition coefficient (Wildman–Crippen LogP) is 5.20. The Kier molecular flexibility index (Phi) is 9.33. The van der Waals surface area contributed by atoms with E-state index < -0.39 is 5.54 Å². The Balaban J connectivity index is 1.24. The monoisotopic (exact) mass is 562 g/mol. The van der Waals surface area contributed by atoms with Crippen molar-refractivity contribution >= 4 is 17.1 Å². The quantitative estimate of drug-likeness (QED) is 0.322. The highest BCUT2D eigenvalue weighted by molar-refractivity contribution is 7.10. The van der Waals surface area contributed by atoms with E-state index in [1.54, 1.807) is 17.5 Å². The molecule has 0 unspecified atom stereocenters. The Morgan fingerprint density at radius 1 is 1.12 bits per heavy atom. The molecule has 0 amide bonds. The van der Waals surface area contributed by atoms with E-state index in [1.807, 2.05) is 25.2 Å². The van der Waals surface area contributed by atoms with Crippen LogP contribution in [0.25, 0.3) is 0 Å². The van der Waals surface area contributed by atoms with E-state index >= 15 is 0 Å². The van der Waals surface area contributed by atoms with Crippen molar-refractivity contribution in [2.24, 2.45) is 0 Å². The molecule has 214 valence electrons. The maximum absolute atomic E-state index is 14.0. The van der Waals surface area contributed by atoms with Gasteiger partial charge < -0.3 is 14.8 Å². The predicted molar refractivity (Wildman–Crippen MR) is 160 cm³/mol. The van der Waals surface area contributed by atoms with Gasteiger partial charge in [0, 0.05) is 63.2 Å². The lowest BCUT2D eigenvalue weighted by molar-refractivity contribution is -0.113. The lowest BCUT2D eigenvalue weighted by Gasteiger charge is -2.52. The molecule has 0 bridgehead atoms. The number of piperazine rings is 1. The number of nitrogens with one attached hydrogen (secondary N) is 1. The molecule has 0 aliphatic carbocycles. The van der Waals surface area contributed by atoms with Gasteiger partial charge in [0.2, 0.25) is 5.78 Å². The topological polar surface area (TPSA) is 66.9 Å². The molecule has 2 fully saturated rings. The second-order valence-electron chi connectivity index (χ2n) is 11.5. The molecule has 4 heterocycles. The number of ether oxygens (including phenoxy) is 2. The molecule has 0 saturated carbocycles. The number of benzene rings is 1. The number of thiophene rings is 1. The Morgan fingerprint density at radius 2 is 1.98 bits per heavy atom. The van der Waals surface area contributed by atoms with Crippen LogP contribution < -0.4 is 10.1 Å². The zero-order chi connectivity index (χ0) is 28.0. The minimum atomic E-state index is -0.583. The van der Waals surface area contributed by atoms with Crippen molar-refractivity contribution < 1.29 is 14.3 Å². The molecule has 2 aliphatic rings. The van der Waals surface area contributed by atoms with Gasteiger partial charge in [0.15, 0.2) is 0 Å². The van der Waals surface area contributed by atoms with Gasteiger partial charge in [-0.1, -0.05) is 24.3 Å². The molecule has 2 aliphatic heterocycles. The molecule has 2 saturated heterocycles. The highest BCUT2D eigenvalue weighted by atomic mass is 32.1. The smallest absolute Gasteiger partial charge is 0.201 e. The first-order valence-corrected chi connectivity index (χ1v) is 15.3. The summed E-state index contributed by atoms with van der Waals surface area (Å²) in [7, 11) is 1.98. The van der Waals surface area contributed by atoms with Gasteiger partial charge in [0.1, 0.15) is 17.5 Å². The van der Waals surface area contributed by atoms with Crippen LogP contribution in [0, 0.1) is 0 Å². The summed E-state index contributed by atoms with van der Waals surface area (Å²) in [4.78, 5) is 24.5. The molecule has 5 rings (SSSR count). The number of ketones is 1. The van der Waals surface area contributed by atoms with Crippen molar-refractivity contribution in [2.75, 3.05) is 46.4 Å². The Hall–Kier alpha value is -2.62. The number of carbonyl (C=O) groups excluding carboxylic acids is 1. The van der Waals surface area contributed by atoms with Crippen LogP contribution in [0.3, 0.4) is 0 Å². The fourth-order valence-corrected chi connectivity index (χ4v) is 6.95. The number of rotatable bonds is 11. The highest BCUT2D eigenvalue weighted by Crippen LogP contribution is 2.39. The SMILES string of the molecule is CNCC[C@H](Oc1cccc(CN2CCN([C@@]3(C(=O)c4ccccn4)CCOC(C)(C)C3)CC2)c1)c1cccs1. The van der Waals surface area contributed by atoms with Crippen molar-refractivity contribution in [2.45, 2.75) is 56.9 Å². The van der Waals surface area contributed by atoms with Gasteiger partial charge in [0.25, 0.3) is 0 Å². The molecule has 3 aromatic rings. The Morgan fingerprint density at radius 3 is 2.67 bits per heavy atom. The molecule has 40 heavy (non-hydrogen) atoms. The van der Waals surface area contributed by atoms with Crippen molar-refractivity contribution in [3.8, 4) is 5.75 Å². The summed E-state index contributed by atoms with van der Waals surface area (Å²) in [5.41, 5.74) is 0.861.